The number of ether oxygens (including phenoxy) is 1. The first-order valence-electron chi connectivity index (χ1n) is 8.28. The summed E-state index contributed by atoms with van der Waals surface area (Å²) in [5.74, 6) is -0.482. The largest absolute Gasteiger partial charge is 0.484 e. The highest BCUT2D eigenvalue weighted by molar-refractivity contribution is 7.14. The minimum absolute atomic E-state index is 0.239. The Morgan fingerprint density at radius 3 is 2.78 bits per heavy atom. The molecule has 0 unspecified atom stereocenters. The van der Waals surface area contributed by atoms with Gasteiger partial charge in [0.05, 0.1) is 5.69 Å². The molecule has 0 fully saturated rings. The number of hydrogen-bond donors (Lipinski definition) is 2. The minimum Gasteiger partial charge on any atom is -0.484 e. The number of carbonyl (C=O) groups excluding carboxylic acids is 2. The molecule has 0 saturated heterocycles. The van der Waals surface area contributed by atoms with Crippen molar-refractivity contribution in [2.24, 2.45) is 5.73 Å². The third kappa shape index (κ3) is 4.71. The van der Waals surface area contributed by atoms with Gasteiger partial charge in [0.2, 0.25) is 0 Å². The number of rotatable bonds is 6. The summed E-state index contributed by atoms with van der Waals surface area (Å²) in [6.45, 7) is 3.83. The maximum Gasteiger partial charge on any atom is 0.257 e. The topological polar surface area (TPSA) is 94.3 Å². The third-order valence-corrected chi connectivity index (χ3v) is 4.63. The lowest BCUT2D eigenvalue weighted by Gasteiger charge is -2.06. The molecule has 1 heterocycles. The van der Waals surface area contributed by atoms with E-state index in [2.05, 4.69) is 28.5 Å². The van der Waals surface area contributed by atoms with Crippen molar-refractivity contribution in [3.63, 3.8) is 0 Å². The molecule has 6 nitrogen and oxygen atoms in total. The zero-order valence-corrected chi connectivity index (χ0v) is 15.8. The number of amides is 2. The first-order valence-corrected chi connectivity index (χ1v) is 9.16. The van der Waals surface area contributed by atoms with Crippen LogP contribution in [0.2, 0.25) is 0 Å². The number of hydrogen-bond acceptors (Lipinski definition) is 5. The molecule has 0 aliphatic heterocycles. The molecule has 3 aromatic rings. The van der Waals surface area contributed by atoms with Crippen LogP contribution in [0.5, 0.6) is 5.75 Å². The lowest BCUT2D eigenvalue weighted by molar-refractivity contribution is -0.119. The molecule has 7 heteroatoms. The van der Waals surface area contributed by atoms with E-state index in [9.17, 15) is 9.59 Å². The molecule has 0 bridgehead atoms. The predicted octanol–water partition coefficient (Wildman–Crippen LogP) is 3.54. The molecule has 2 amide bonds. The van der Waals surface area contributed by atoms with Crippen LogP contribution in [0.4, 0.5) is 5.13 Å². The average Bonchev–Trinajstić information content (AvgIpc) is 3.10. The second-order valence-electron chi connectivity index (χ2n) is 6.09. The van der Waals surface area contributed by atoms with Crippen LogP contribution < -0.4 is 15.8 Å². The number of thiazole rings is 1. The number of benzene rings is 2. The Morgan fingerprint density at radius 1 is 1.19 bits per heavy atom. The van der Waals surface area contributed by atoms with Crippen LogP contribution in [0, 0.1) is 13.8 Å². The summed E-state index contributed by atoms with van der Waals surface area (Å²) in [7, 11) is 0. The van der Waals surface area contributed by atoms with Crippen LogP contribution >= 0.6 is 11.3 Å². The van der Waals surface area contributed by atoms with Gasteiger partial charge in [-0.15, -0.1) is 11.3 Å². The number of aryl methyl sites for hydroxylation is 2. The van der Waals surface area contributed by atoms with Gasteiger partial charge in [-0.1, -0.05) is 23.8 Å². The maximum absolute atomic E-state index is 12.5. The van der Waals surface area contributed by atoms with Crippen LogP contribution in [0.15, 0.2) is 47.8 Å². The Morgan fingerprint density at radius 2 is 2.00 bits per heavy atom. The molecule has 0 aliphatic rings. The Hall–Kier alpha value is -3.19. The van der Waals surface area contributed by atoms with E-state index >= 15 is 0 Å². The fourth-order valence-corrected chi connectivity index (χ4v) is 3.22. The Labute approximate surface area is 161 Å². The zero-order valence-electron chi connectivity index (χ0n) is 15.0. The van der Waals surface area contributed by atoms with Crippen molar-refractivity contribution in [3.05, 3.63) is 64.5 Å². The molecule has 1 aromatic heterocycles. The zero-order chi connectivity index (χ0) is 19.4. The summed E-state index contributed by atoms with van der Waals surface area (Å²) in [6.07, 6.45) is 0. The summed E-state index contributed by atoms with van der Waals surface area (Å²) in [4.78, 5) is 27.8. The predicted molar refractivity (Wildman–Crippen MR) is 106 cm³/mol. The monoisotopic (exact) mass is 381 g/mol. The van der Waals surface area contributed by atoms with Crippen LogP contribution in [0.3, 0.4) is 0 Å². The Bertz CT molecular complexity index is 998. The summed E-state index contributed by atoms with van der Waals surface area (Å²) in [5.41, 5.74) is 9.62. The summed E-state index contributed by atoms with van der Waals surface area (Å²) in [5, 5.41) is 5.23. The molecule has 2 aromatic carbocycles. The minimum atomic E-state index is -0.577. The standard InChI is InChI=1S/C20H19N3O3S/c1-12-6-7-13(2)16(8-12)17-11-27-20(22-17)23-19(25)14-4-3-5-15(9-14)26-10-18(21)24/h3-9,11H,10H2,1-2H3,(H2,21,24)(H,22,23,25). The summed E-state index contributed by atoms with van der Waals surface area (Å²) < 4.78 is 5.23. The van der Waals surface area contributed by atoms with Crippen LogP contribution in [-0.2, 0) is 4.79 Å². The van der Waals surface area contributed by atoms with E-state index in [1.54, 1.807) is 24.3 Å². The van der Waals surface area contributed by atoms with Crippen molar-refractivity contribution >= 4 is 28.3 Å². The number of anilines is 1. The number of aromatic nitrogens is 1. The van der Waals surface area contributed by atoms with E-state index in [4.69, 9.17) is 10.5 Å². The molecule has 0 radical (unpaired) electrons. The van der Waals surface area contributed by atoms with E-state index in [1.807, 2.05) is 19.2 Å². The van der Waals surface area contributed by atoms with Gasteiger partial charge in [0.15, 0.2) is 11.7 Å². The van der Waals surface area contributed by atoms with Crippen LogP contribution in [0.1, 0.15) is 21.5 Å². The summed E-state index contributed by atoms with van der Waals surface area (Å²) >= 11 is 1.36. The van der Waals surface area contributed by atoms with E-state index in [-0.39, 0.29) is 12.5 Å². The lowest BCUT2D eigenvalue weighted by atomic mass is 10.0. The number of primary amides is 1. The fraction of sp³-hybridized carbons (Fsp3) is 0.150. The van der Waals surface area contributed by atoms with Gasteiger partial charge >= 0.3 is 0 Å². The number of nitrogens with two attached hydrogens (primary N) is 1. The third-order valence-electron chi connectivity index (χ3n) is 3.87. The van der Waals surface area contributed by atoms with Crippen molar-refractivity contribution in [1.82, 2.24) is 4.98 Å². The number of nitrogens with one attached hydrogen (secondary N) is 1. The quantitative estimate of drug-likeness (QED) is 0.683. The average molecular weight is 381 g/mol. The van der Waals surface area contributed by atoms with Gasteiger partial charge in [0.1, 0.15) is 5.75 Å². The molecule has 3 N–H and O–H groups in total. The van der Waals surface area contributed by atoms with Crippen molar-refractivity contribution in [3.8, 4) is 17.0 Å². The molecule has 0 aliphatic carbocycles. The van der Waals surface area contributed by atoms with Gasteiger partial charge in [-0.05, 0) is 43.7 Å². The van der Waals surface area contributed by atoms with Crippen LogP contribution in [-0.4, -0.2) is 23.4 Å². The van der Waals surface area contributed by atoms with Crippen molar-refractivity contribution in [2.75, 3.05) is 11.9 Å². The van der Waals surface area contributed by atoms with Crippen molar-refractivity contribution < 1.29 is 14.3 Å². The number of nitrogens with zero attached hydrogens (tertiary/aromatic N) is 1. The van der Waals surface area contributed by atoms with Gasteiger partial charge in [-0.2, -0.15) is 0 Å². The molecule has 27 heavy (non-hydrogen) atoms. The summed E-state index contributed by atoms with van der Waals surface area (Å²) in [6, 6.07) is 12.7. The molecule has 138 valence electrons. The first kappa shape index (κ1) is 18.6. The van der Waals surface area contributed by atoms with E-state index in [0.29, 0.717) is 16.4 Å². The highest BCUT2D eigenvalue weighted by Gasteiger charge is 2.12. The van der Waals surface area contributed by atoms with Gasteiger partial charge < -0.3 is 10.5 Å². The highest BCUT2D eigenvalue weighted by Crippen LogP contribution is 2.28. The Balaban J connectivity index is 1.74. The molecular weight excluding hydrogens is 362 g/mol. The van der Waals surface area contributed by atoms with Crippen molar-refractivity contribution in [2.45, 2.75) is 13.8 Å². The SMILES string of the molecule is Cc1ccc(C)c(-c2csc(NC(=O)c3cccc(OCC(N)=O)c3)n2)c1. The second-order valence-corrected chi connectivity index (χ2v) is 6.95. The normalized spacial score (nSPS) is 10.4. The maximum atomic E-state index is 12.5. The second kappa shape index (κ2) is 8.01. The fourth-order valence-electron chi connectivity index (χ4n) is 2.52. The lowest BCUT2D eigenvalue weighted by Crippen LogP contribution is -2.20. The van der Waals surface area contributed by atoms with Gasteiger partial charge in [-0.25, -0.2) is 4.98 Å². The van der Waals surface area contributed by atoms with Crippen LogP contribution in [0.25, 0.3) is 11.3 Å². The van der Waals surface area contributed by atoms with E-state index in [0.717, 1.165) is 22.4 Å². The van der Waals surface area contributed by atoms with E-state index < -0.39 is 5.91 Å². The molecule has 0 atom stereocenters. The van der Waals surface area contributed by atoms with E-state index in [1.165, 1.54) is 11.3 Å². The number of carbonyl (C=O) groups is 2. The first-order chi connectivity index (χ1) is 12.9. The van der Waals surface area contributed by atoms with Crippen molar-refractivity contribution in [1.29, 1.82) is 0 Å². The molecular formula is C20H19N3O3S. The molecule has 0 spiro atoms. The van der Waals surface area contributed by atoms with Gasteiger partial charge in [-0.3, -0.25) is 14.9 Å². The van der Waals surface area contributed by atoms with Gasteiger partial charge in [0, 0.05) is 16.5 Å². The highest BCUT2D eigenvalue weighted by atomic mass is 32.1. The van der Waals surface area contributed by atoms with Gasteiger partial charge in [0.25, 0.3) is 11.8 Å². The molecule has 3 rings (SSSR count). The smallest absolute Gasteiger partial charge is 0.257 e. The Kier molecular flexibility index (Phi) is 5.52. The molecule has 0 saturated carbocycles.